The highest BCUT2D eigenvalue weighted by Gasteiger charge is 2.30. The van der Waals surface area contributed by atoms with E-state index in [4.69, 9.17) is 4.74 Å². The number of carbonyl (C=O) groups is 1. The average molecular weight is 499 g/mol. The summed E-state index contributed by atoms with van der Waals surface area (Å²) in [4.78, 5) is 13.5. The first-order valence-electron chi connectivity index (χ1n) is 11.4. The van der Waals surface area contributed by atoms with Gasteiger partial charge in [0.15, 0.2) is 5.69 Å². The third-order valence-corrected chi connectivity index (χ3v) is 7.35. The number of carbonyl (C=O) groups excluding carboxylic acids is 1. The first-order valence-corrected chi connectivity index (χ1v) is 12.9. The Morgan fingerprint density at radius 1 is 1.14 bits per heavy atom. The Labute approximate surface area is 207 Å². The molecule has 3 aromatic rings. The van der Waals surface area contributed by atoms with Gasteiger partial charge in [0.2, 0.25) is 0 Å². The molecular weight excluding hydrogens is 464 g/mol. The van der Waals surface area contributed by atoms with E-state index in [1.807, 2.05) is 58.9 Å². The minimum Gasteiger partial charge on any atom is -0.380 e. The number of ether oxygens (including phenoxy) is 1. The normalized spacial score (nSPS) is 12.9. The maximum Gasteiger partial charge on any atom is 0.271 e. The summed E-state index contributed by atoms with van der Waals surface area (Å²) in [5, 5.41) is 7.54. The second-order valence-corrected chi connectivity index (χ2v) is 11.5. The topological polar surface area (TPSA) is 102 Å². The van der Waals surface area contributed by atoms with Crippen LogP contribution in [0.4, 0.5) is 5.69 Å². The Bertz CT molecular complexity index is 1310. The minimum absolute atomic E-state index is 0.0976. The van der Waals surface area contributed by atoms with Crippen molar-refractivity contribution in [2.24, 2.45) is 12.5 Å². The van der Waals surface area contributed by atoms with Crippen LogP contribution in [0.25, 0.3) is 11.3 Å². The lowest BCUT2D eigenvalue weighted by molar-refractivity contribution is 0.0901. The Hall–Kier alpha value is -3.17. The first-order chi connectivity index (χ1) is 16.3. The van der Waals surface area contributed by atoms with Gasteiger partial charge in [0.1, 0.15) is 11.4 Å². The van der Waals surface area contributed by atoms with E-state index in [1.54, 1.807) is 26.3 Å². The van der Waals surface area contributed by atoms with E-state index in [0.717, 1.165) is 11.1 Å². The Morgan fingerprint density at radius 3 is 2.40 bits per heavy atom. The number of methoxy groups -OCH3 is 1. The van der Waals surface area contributed by atoms with Crippen LogP contribution in [0.15, 0.2) is 53.4 Å². The van der Waals surface area contributed by atoms with Gasteiger partial charge in [-0.2, -0.15) is 5.10 Å². The number of anilines is 1. The standard InChI is InChI=1S/C26H34N4O4S/c1-17-11-13-21(14-12-17)35(32,33)29-23-22(20-10-8-9-19(15-20)16-34-7)28-30(6)24(23)25(31)27-18(2)26(3,4)5/h8-15,18,29H,16H2,1-7H3,(H,27,31)/t18-/m0/s1. The molecule has 1 atom stereocenters. The predicted octanol–water partition coefficient (Wildman–Crippen LogP) is 4.51. The molecule has 8 nitrogen and oxygen atoms in total. The van der Waals surface area contributed by atoms with Gasteiger partial charge in [-0.05, 0) is 43.0 Å². The number of aryl methyl sites for hydroxylation is 2. The molecule has 3 rings (SSSR count). The summed E-state index contributed by atoms with van der Waals surface area (Å²) < 4.78 is 36.0. The number of sulfonamides is 1. The molecule has 188 valence electrons. The highest BCUT2D eigenvalue weighted by atomic mass is 32.2. The summed E-state index contributed by atoms with van der Waals surface area (Å²) in [6, 6.07) is 13.8. The lowest BCUT2D eigenvalue weighted by Gasteiger charge is -2.28. The van der Waals surface area contributed by atoms with Crippen LogP contribution in [-0.4, -0.2) is 37.3 Å². The van der Waals surface area contributed by atoms with E-state index in [-0.39, 0.29) is 27.7 Å². The largest absolute Gasteiger partial charge is 0.380 e. The number of hydrogen-bond donors (Lipinski definition) is 2. The molecule has 1 aromatic heterocycles. The molecule has 0 saturated heterocycles. The predicted molar refractivity (Wildman–Crippen MR) is 138 cm³/mol. The van der Waals surface area contributed by atoms with Gasteiger partial charge in [0.05, 0.1) is 11.5 Å². The fourth-order valence-corrected chi connectivity index (χ4v) is 4.52. The maximum absolute atomic E-state index is 13.4. The number of benzene rings is 2. The van der Waals surface area contributed by atoms with Crippen LogP contribution in [0.3, 0.4) is 0 Å². The van der Waals surface area contributed by atoms with Gasteiger partial charge in [-0.25, -0.2) is 8.42 Å². The monoisotopic (exact) mass is 498 g/mol. The SMILES string of the molecule is COCc1cccc(-c2nn(C)c(C(=O)N[C@@H](C)C(C)(C)C)c2NS(=O)(=O)c2ccc(C)cc2)c1. The fourth-order valence-electron chi connectivity index (χ4n) is 3.45. The quantitative estimate of drug-likeness (QED) is 0.476. The zero-order chi connectivity index (χ0) is 26.0. The summed E-state index contributed by atoms with van der Waals surface area (Å²) in [6.07, 6.45) is 0. The van der Waals surface area contributed by atoms with E-state index >= 15 is 0 Å². The van der Waals surface area contributed by atoms with Crippen LogP contribution in [0.1, 0.15) is 49.3 Å². The summed E-state index contributed by atoms with van der Waals surface area (Å²) in [6.45, 7) is 10.3. The molecule has 0 aliphatic rings. The Morgan fingerprint density at radius 2 is 1.80 bits per heavy atom. The van der Waals surface area contributed by atoms with E-state index < -0.39 is 15.9 Å². The van der Waals surface area contributed by atoms with Crippen molar-refractivity contribution >= 4 is 21.6 Å². The molecule has 2 aromatic carbocycles. The van der Waals surface area contributed by atoms with Gasteiger partial charge in [0, 0.05) is 25.8 Å². The van der Waals surface area contributed by atoms with Gasteiger partial charge in [-0.3, -0.25) is 14.2 Å². The van der Waals surface area contributed by atoms with Gasteiger partial charge >= 0.3 is 0 Å². The summed E-state index contributed by atoms with van der Waals surface area (Å²) in [7, 11) is -0.756. The van der Waals surface area contributed by atoms with Crippen LogP contribution in [0.5, 0.6) is 0 Å². The molecule has 0 spiro atoms. The highest BCUT2D eigenvalue weighted by Crippen LogP contribution is 2.33. The molecule has 0 saturated carbocycles. The van der Waals surface area contributed by atoms with Crippen molar-refractivity contribution in [3.05, 3.63) is 65.4 Å². The van der Waals surface area contributed by atoms with Crippen molar-refractivity contribution in [1.29, 1.82) is 0 Å². The number of nitrogens with one attached hydrogen (secondary N) is 2. The van der Waals surface area contributed by atoms with Crippen LogP contribution >= 0.6 is 0 Å². The van der Waals surface area contributed by atoms with E-state index in [0.29, 0.717) is 17.9 Å². The average Bonchev–Trinajstić information content (AvgIpc) is 3.09. The smallest absolute Gasteiger partial charge is 0.271 e. The molecule has 9 heteroatoms. The summed E-state index contributed by atoms with van der Waals surface area (Å²) in [5.41, 5.74) is 2.93. The number of amides is 1. The summed E-state index contributed by atoms with van der Waals surface area (Å²) in [5.74, 6) is -0.414. The fraction of sp³-hybridized carbons (Fsp3) is 0.385. The van der Waals surface area contributed by atoms with Crippen molar-refractivity contribution in [3.63, 3.8) is 0 Å². The van der Waals surface area contributed by atoms with Crippen LogP contribution in [0.2, 0.25) is 0 Å². The van der Waals surface area contributed by atoms with Crippen molar-refractivity contribution in [3.8, 4) is 11.3 Å². The van der Waals surface area contributed by atoms with E-state index in [1.165, 1.54) is 16.8 Å². The molecule has 0 bridgehead atoms. The third kappa shape index (κ3) is 6.10. The first kappa shape index (κ1) is 26.4. The molecule has 0 unspecified atom stereocenters. The number of hydrogen-bond acceptors (Lipinski definition) is 5. The lowest BCUT2D eigenvalue weighted by Crippen LogP contribution is -2.42. The van der Waals surface area contributed by atoms with Crippen molar-refractivity contribution < 1.29 is 17.9 Å². The Balaban J connectivity index is 2.14. The zero-order valence-corrected chi connectivity index (χ0v) is 22.2. The molecule has 2 N–H and O–H groups in total. The van der Waals surface area contributed by atoms with Crippen LogP contribution < -0.4 is 10.0 Å². The second kappa shape index (κ2) is 10.2. The number of aromatic nitrogens is 2. The van der Waals surface area contributed by atoms with Crippen LogP contribution in [0, 0.1) is 12.3 Å². The second-order valence-electron chi connectivity index (χ2n) is 9.81. The van der Waals surface area contributed by atoms with Gasteiger partial charge in [0.25, 0.3) is 15.9 Å². The summed E-state index contributed by atoms with van der Waals surface area (Å²) >= 11 is 0. The number of nitrogens with zero attached hydrogens (tertiary/aromatic N) is 2. The molecular formula is C26H34N4O4S. The van der Waals surface area contributed by atoms with Crippen LogP contribution in [-0.2, 0) is 28.4 Å². The zero-order valence-electron chi connectivity index (χ0n) is 21.3. The molecule has 0 fully saturated rings. The lowest BCUT2D eigenvalue weighted by atomic mass is 9.88. The van der Waals surface area contributed by atoms with E-state index in [2.05, 4.69) is 15.1 Å². The molecule has 35 heavy (non-hydrogen) atoms. The van der Waals surface area contributed by atoms with E-state index in [9.17, 15) is 13.2 Å². The van der Waals surface area contributed by atoms with Gasteiger partial charge in [-0.15, -0.1) is 0 Å². The third-order valence-electron chi connectivity index (χ3n) is 5.99. The number of rotatable bonds is 8. The minimum atomic E-state index is -3.99. The molecule has 0 aliphatic carbocycles. The highest BCUT2D eigenvalue weighted by molar-refractivity contribution is 7.92. The van der Waals surface area contributed by atoms with Crippen molar-refractivity contribution in [2.75, 3.05) is 11.8 Å². The van der Waals surface area contributed by atoms with Crippen molar-refractivity contribution in [1.82, 2.24) is 15.1 Å². The molecule has 0 aliphatic heterocycles. The molecule has 1 heterocycles. The van der Waals surface area contributed by atoms with Gasteiger partial charge < -0.3 is 10.1 Å². The van der Waals surface area contributed by atoms with Crippen molar-refractivity contribution in [2.45, 2.75) is 52.2 Å². The van der Waals surface area contributed by atoms with Gasteiger partial charge in [-0.1, -0.05) is 56.7 Å². The molecule has 1 amide bonds. The Kier molecular flexibility index (Phi) is 7.71. The molecule has 0 radical (unpaired) electrons. The maximum atomic E-state index is 13.4.